The number of nitrogens with zero attached hydrogens (tertiary/aromatic N) is 4. The van der Waals surface area contributed by atoms with E-state index in [4.69, 9.17) is 0 Å². The van der Waals surface area contributed by atoms with E-state index in [2.05, 4.69) is 15.2 Å². The van der Waals surface area contributed by atoms with Gasteiger partial charge in [0.15, 0.2) is 0 Å². The molecule has 0 aliphatic heterocycles. The van der Waals surface area contributed by atoms with E-state index in [1.807, 2.05) is 38.4 Å². The van der Waals surface area contributed by atoms with Crippen LogP contribution in [0.15, 0.2) is 46.1 Å². The van der Waals surface area contributed by atoms with E-state index < -0.39 is 11.2 Å². The number of fused-ring (bicyclic) bond motifs is 1. The number of pyridine rings is 1. The zero-order valence-electron chi connectivity index (χ0n) is 16.4. The first-order valence-corrected chi connectivity index (χ1v) is 8.84. The maximum Gasteiger partial charge on any atom is 0.332 e. The lowest BCUT2D eigenvalue weighted by atomic mass is 10.1. The Bertz CT molecular complexity index is 1140. The van der Waals surface area contributed by atoms with Gasteiger partial charge in [-0.25, -0.2) is 9.78 Å². The molecule has 0 unspecified atom stereocenters. The molecule has 2 heterocycles. The lowest BCUT2D eigenvalue weighted by molar-refractivity contribution is 0.0950. The van der Waals surface area contributed by atoms with Crippen LogP contribution in [-0.2, 0) is 27.2 Å². The smallest absolute Gasteiger partial charge is 0.332 e. The molecule has 1 N–H and O–H groups in total. The average Bonchev–Trinajstić information content (AvgIpc) is 2.69. The lowest BCUT2D eigenvalue weighted by Gasteiger charge is -2.11. The summed E-state index contributed by atoms with van der Waals surface area (Å²) in [6, 6.07) is 9.48. The van der Waals surface area contributed by atoms with Crippen LogP contribution in [0.3, 0.4) is 0 Å². The van der Waals surface area contributed by atoms with Crippen LogP contribution in [0, 0.1) is 0 Å². The Morgan fingerprint density at radius 1 is 1.07 bits per heavy atom. The Morgan fingerprint density at radius 2 is 1.71 bits per heavy atom. The second-order valence-corrected chi connectivity index (χ2v) is 7.04. The summed E-state index contributed by atoms with van der Waals surface area (Å²) in [7, 11) is 6.96. The van der Waals surface area contributed by atoms with Gasteiger partial charge in [-0.15, -0.1) is 0 Å². The molecule has 0 aliphatic rings. The highest BCUT2D eigenvalue weighted by atomic mass is 16.2. The third-order valence-electron chi connectivity index (χ3n) is 4.53. The molecule has 1 amide bonds. The summed E-state index contributed by atoms with van der Waals surface area (Å²) in [5.41, 5.74) is 1.76. The topological polar surface area (TPSA) is 89.2 Å². The first-order valence-electron chi connectivity index (χ1n) is 8.84. The first kappa shape index (κ1) is 19.5. The number of benzene rings is 1. The number of hydrogen-bond acceptors (Lipinski definition) is 5. The monoisotopic (exact) mass is 381 g/mol. The number of amides is 1. The molecule has 0 radical (unpaired) electrons. The molecule has 28 heavy (non-hydrogen) atoms. The van der Waals surface area contributed by atoms with Gasteiger partial charge in [0.2, 0.25) is 0 Å². The number of carbonyl (C=O) groups excluding carboxylic acids is 1. The van der Waals surface area contributed by atoms with Crippen LogP contribution < -0.4 is 16.6 Å². The molecule has 0 aliphatic carbocycles. The highest BCUT2D eigenvalue weighted by Crippen LogP contribution is 2.09. The zero-order valence-corrected chi connectivity index (χ0v) is 16.4. The molecule has 146 valence electrons. The molecule has 1 aromatic carbocycles. The van der Waals surface area contributed by atoms with Gasteiger partial charge >= 0.3 is 5.69 Å². The average molecular weight is 381 g/mol. The van der Waals surface area contributed by atoms with Gasteiger partial charge in [-0.3, -0.25) is 18.7 Å². The molecule has 2 aromatic heterocycles. The second kappa shape index (κ2) is 7.77. The van der Waals surface area contributed by atoms with E-state index in [1.54, 1.807) is 0 Å². The molecular formula is C20H23N5O3. The van der Waals surface area contributed by atoms with E-state index in [9.17, 15) is 14.4 Å². The summed E-state index contributed by atoms with van der Waals surface area (Å²) in [5.74, 6) is -0.331. The Kier molecular flexibility index (Phi) is 5.41. The fraction of sp³-hybridized carbons (Fsp3) is 0.300. The van der Waals surface area contributed by atoms with Crippen molar-refractivity contribution in [3.05, 3.63) is 74.1 Å². The van der Waals surface area contributed by atoms with Crippen molar-refractivity contribution in [1.29, 1.82) is 0 Å². The summed E-state index contributed by atoms with van der Waals surface area (Å²) in [6.07, 6.45) is 1.37. The molecule has 3 rings (SSSR count). The van der Waals surface area contributed by atoms with E-state index >= 15 is 0 Å². The Balaban J connectivity index is 1.78. The SMILES string of the molecule is CN(C)Cc1ccc(CNC(=O)c2cnc3c(c2)c(=O)n(C)c(=O)n3C)cc1. The lowest BCUT2D eigenvalue weighted by Crippen LogP contribution is -2.37. The van der Waals surface area contributed by atoms with Crippen molar-refractivity contribution in [3.8, 4) is 0 Å². The van der Waals surface area contributed by atoms with Crippen molar-refractivity contribution < 1.29 is 4.79 Å². The van der Waals surface area contributed by atoms with Crippen LogP contribution >= 0.6 is 0 Å². The van der Waals surface area contributed by atoms with Crippen LogP contribution in [-0.4, -0.2) is 39.0 Å². The molecule has 0 atom stereocenters. The van der Waals surface area contributed by atoms with Crippen molar-refractivity contribution in [2.45, 2.75) is 13.1 Å². The second-order valence-electron chi connectivity index (χ2n) is 7.04. The molecule has 0 bridgehead atoms. The fourth-order valence-electron chi connectivity index (χ4n) is 3.00. The maximum absolute atomic E-state index is 12.5. The zero-order chi connectivity index (χ0) is 20.4. The maximum atomic E-state index is 12.5. The molecule has 0 fully saturated rings. The van der Waals surface area contributed by atoms with E-state index in [1.165, 1.54) is 36.5 Å². The summed E-state index contributed by atoms with van der Waals surface area (Å²) in [4.78, 5) is 43.0. The predicted molar refractivity (Wildman–Crippen MR) is 107 cm³/mol. The van der Waals surface area contributed by atoms with Crippen LogP contribution in [0.1, 0.15) is 21.5 Å². The number of aromatic nitrogens is 3. The van der Waals surface area contributed by atoms with Gasteiger partial charge in [0.25, 0.3) is 11.5 Å². The van der Waals surface area contributed by atoms with E-state index in [0.29, 0.717) is 6.54 Å². The minimum Gasteiger partial charge on any atom is -0.348 e. The van der Waals surface area contributed by atoms with Gasteiger partial charge in [-0.1, -0.05) is 24.3 Å². The Morgan fingerprint density at radius 3 is 2.36 bits per heavy atom. The number of rotatable bonds is 5. The summed E-state index contributed by atoms with van der Waals surface area (Å²) < 4.78 is 2.29. The molecule has 0 saturated carbocycles. The normalized spacial score (nSPS) is 11.2. The van der Waals surface area contributed by atoms with Gasteiger partial charge in [0.05, 0.1) is 10.9 Å². The Hall–Kier alpha value is -3.26. The third kappa shape index (κ3) is 3.86. The first-order chi connectivity index (χ1) is 13.3. The standard InChI is InChI=1S/C20H23N5O3/c1-23(2)12-14-7-5-13(6-8-14)10-22-18(26)15-9-16-17(21-11-15)24(3)20(28)25(4)19(16)27/h5-9,11H,10,12H2,1-4H3,(H,22,26). The number of aryl methyl sites for hydroxylation is 1. The van der Waals surface area contributed by atoms with Gasteiger partial charge in [-0.05, 0) is 31.3 Å². The number of carbonyl (C=O) groups is 1. The van der Waals surface area contributed by atoms with Crippen LogP contribution in [0.4, 0.5) is 0 Å². The van der Waals surface area contributed by atoms with Crippen LogP contribution in [0.2, 0.25) is 0 Å². The summed E-state index contributed by atoms with van der Waals surface area (Å²) in [5, 5.41) is 3.06. The summed E-state index contributed by atoms with van der Waals surface area (Å²) >= 11 is 0. The highest BCUT2D eigenvalue weighted by molar-refractivity contribution is 5.96. The highest BCUT2D eigenvalue weighted by Gasteiger charge is 2.13. The minimum absolute atomic E-state index is 0.227. The van der Waals surface area contributed by atoms with Crippen molar-refractivity contribution in [1.82, 2.24) is 24.3 Å². The quantitative estimate of drug-likeness (QED) is 0.700. The molecular weight excluding hydrogens is 358 g/mol. The van der Waals surface area contributed by atoms with Gasteiger partial charge < -0.3 is 10.2 Å². The predicted octanol–water partition coefficient (Wildman–Crippen LogP) is 0.624. The third-order valence-corrected chi connectivity index (χ3v) is 4.53. The molecule has 8 nitrogen and oxygen atoms in total. The van der Waals surface area contributed by atoms with Crippen molar-refractivity contribution in [2.75, 3.05) is 14.1 Å². The van der Waals surface area contributed by atoms with Gasteiger partial charge in [0.1, 0.15) is 5.65 Å². The molecule has 0 spiro atoms. The molecule has 0 saturated heterocycles. The number of nitrogens with one attached hydrogen (secondary N) is 1. The van der Waals surface area contributed by atoms with Crippen molar-refractivity contribution >= 4 is 16.9 Å². The largest absolute Gasteiger partial charge is 0.348 e. The van der Waals surface area contributed by atoms with Gasteiger partial charge in [0, 0.05) is 33.4 Å². The van der Waals surface area contributed by atoms with Crippen LogP contribution in [0.5, 0.6) is 0 Å². The van der Waals surface area contributed by atoms with E-state index in [0.717, 1.165) is 16.7 Å². The van der Waals surface area contributed by atoms with Crippen LogP contribution in [0.25, 0.3) is 11.0 Å². The molecule has 8 heteroatoms. The van der Waals surface area contributed by atoms with Crippen molar-refractivity contribution in [3.63, 3.8) is 0 Å². The summed E-state index contributed by atoms with van der Waals surface area (Å²) in [6.45, 7) is 1.22. The fourth-order valence-corrected chi connectivity index (χ4v) is 3.00. The molecule has 3 aromatic rings. The van der Waals surface area contributed by atoms with Crippen molar-refractivity contribution in [2.24, 2.45) is 14.1 Å². The number of hydrogen-bond donors (Lipinski definition) is 1. The minimum atomic E-state index is -0.475. The van der Waals surface area contributed by atoms with E-state index in [-0.39, 0.29) is 22.5 Å². The Labute approximate surface area is 162 Å². The van der Waals surface area contributed by atoms with Gasteiger partial charge in [-0.2, -0.15) is 0 Å².